The normalized spacial score (nSPS) is 16.8. The molecular formula is C35H30ClN7O2. The Morgan fingerprint density at radius 1 is 0.911 bits per heavy atom. The van der Waals surface area contributed by atoms with Gasteiger partial charge in [0, 0.05) is 59.2 Å². The number of pyridine rings is 2. The monoisotopic (exact) mass is 615 g/mol. The van der Waals surface area contributed by atoms with Gasteiger partial charge in [0.05, 0.1) is 41.3 Å². The molecule has 10 heteroatoms. The fourth-order valence-corrected chi connectivity index (χ4v) is 6.37. The fraction of sp³-hybridized carbons (Fsp3) is 0.200. The van der Waals surface area contributed by atoms with Crippen molar-refractivity contribution in [3.05, 3.63) is 113 Å². The van der Waals surface area contributed by atoms with Gasteiger partial charge in [-0.2, -0.15) is 5.10 Å². The molecule has 1 aliphatic rings. The molecule has 9 nitrogen and oxygen atoms in total. The van der Waals surface area contributed by atoms with Crippen LogP contribution in [0, 0.1) is 5.92 Å². The molecule has 224 valence electrons. The summed E-state index contributed by atoms with van der Waals surface area (Å²) in [6.07, 6.45) is 10.6. The number of halogens is 1. The second-order valence-electron chi connectivity index (χ2n) is 11.4. The standard InChI is InChI=1S/C35H30ClN7O2/c1-21-5-3-8-32(30-15-22(11-14-38-30)34-31(41-35(21)45)19-40-42(34)2)43-20-39-29(17-33(43)44)28-16-24(36)9-10-27(28)26-7-4-6-23-18-37-13-12-25(23)26/h4,6-7,9-21,32H,3,5,8H2,1-2H3,(H,41,45). The number of hydrogen-bond donors (Lipinski definition) is 1. The molecular weight excluding hydrogens is 586 g/mol. The largest absolute Gasteiger partial charge is 0.323 e. The number of aryl methyl sites for hydroxylation is 1. The van der Waals surface area contributed by atoms with E-state index in [1.165, 1.54) is 0 Å². The van der Waals surface area contributed by atoms with E-state index in [0.29, 0.717) is 35.7 Å². The van der Waals surface area contributed by atoms with Crippen LogP contribution in [0.25, 0.3) is 44.4 Å². The van der Waals surface area contributed by atoms with Crippen LogP contribution in [0.1, 0.15) is 37.9 Å². The summed E-state index contributed by atoms with van der Waals surface area (Å²) in [7, 11) is 1.84. The van der Waals surface area contributed by atoms with Gasteiger partial charge in [0.15, 0.2) is 0 Å². The first-order valence-electron chi connectivity index (χ1n) is 14.9. The minimum Gasteiger partial charge on any atom is -0.323 e. The Labute approximate surface area is 264 Å². The molecule has 0 saturated heterocycles. The van der Waals surface area contributed by atoms with E-state index in [0.717, 1.165) is 44.4 Å². The third-order valence-electron chi connectivity index (χ3n) is 8.56. The van der Waals surface area contributed by atoms with Crippen molar-refractivity contribution in [2.24, 2.45) is 13.0 Å². The van der Waals surface area contributed by atoms with Crippen LogP contribution in [-0.2, 0) is 11.8 Å². The molecule has 7 rings (SSSR count). The summed E-state index contributed by atoms with van der Waals surface area (Å²) < 4.78 is 3.38. The van der Waals surface area contributed by atoms with E-state index < -0.39 is 0 Å². The molecule has 2 bridgehead atoms. The van der Waals surface area contributed by atoms with Gasteiger partial charge in [0.2, 0.25) is 5.91 Å². The van der Waals surface area contributed by atoms with Crippen molar-refractivity contribution >= 4 is 34.0 Å². The Bertz CT molecular complexity index is 2130. The Kier molecular flexibility index (Phi) is 7.47. The maximum absolute atomic E-state index is 13.9. The molecule has 1 aliphatic heterocycles. The summed E-state index contributed by atoms with van der Waals surface area (Å²) in [6, 6.07) is 18.7. The molecule has 1 N–H and O–H groups in total. The molecule has 5 heterocycles. The lowest BCUT2D eigenvalue weighted by molar-refractivity contribution is -0.119. The van der Waals surface area contributed by atoms with Gasteiger partial charge >= 0.3 is 0 Å². The van der Waals surface area contributed by atoms with E-state index in [1.807, 2.05) is 68.7 Å². The van der Waals surface area contributed by atoms with E-state index >= 15 is 0 Å². The van der Waals surface area contributed by atoms with Crippen molar-refractivity contribution in [1.29, 1.82) is 0 Å². The van der Waals surface area contributed by atoms with E-state index in [4.69, 9.17) is 21.6 Å². The van der Waals surface area contributed by atoms with Crippen LogP contribution >= 0.6 is 11.6 Å². The summed E-state index contributed by atoms with van der Waals surface area (Å²) in [5.41, 5.74) is 6.01. The number of rotatable bonds is 3. The van der Waals surface area contributed by atoms with Gasteiger partial charge in [-0.15, -0.1) is 0 Å². The Morgan fingerprint density at radius 2 is 1.80 bits per heavy atom. The van der Waals surface area contributed by atoms with Gasteiger partial charge < -0.3 is 5.32 Å². The quantitative estimate of drug-likeness (QED) is 0.231. The van der Waals surface area contributed by atoms with Gasteiger partial charge in [0.1, 0.15) is 0 Å². The number of anilines is 1. The molecule has 0 radical (unpaired) electrons. The lowest BCUT2D eigenvalue weighted by Crippen LogP contribution is -2.27. The maximum atomic E-state index is 13.9. The van der Waals surface area contributed by atoms with Gasteiger partial charge in [0.25, 0.3) is 5.56 Å². The number of carbonyl (C=O) groups excluding carboxylic acids is 1. The van der Waals surface area contributed by atoms with Gasteiger partial charge in [-0.1, -0.05) is 49.2 Å². The molecule has 4 aromatic heterocycles. The van der Waals surface area contributed by atoms with Gasteiger partial charge in [-0.3, -0.25) is 28.8 Å². The Balaban J connectivity index is 1.33. The van der Waals surface area contributed by atoms with E-state index in [9.17, 15) is 9.59 Å². The number of hydrogen-bond acceptors (Lipinski definition) is 6. The number of fused-ring (bicyclic) bond motifs is 5. The zero-order chi connectivity index (χ0) is 31.1. The minimum absolute atomic E-state index is 0.0568. The molecule has 0 aliphatic carbocycles. The van der Waals surface area contributed by atoms with Crippen LogP contribution in [-0.4, -0.2) is 35.2 Å². The summed E-state index contributed by atoms with van der Waals surface area (Å²) in [4.78, 5) is 40.7. The fourth-order valence-electron chi connectivity index (χ4n) is 6.20. The Hall–Kier alpha value is -5.15. The average Bonchev–Trinajstić information content (AvgIpc) is 3.42. The summed E-state index contributed by atoms with van der Waals surface area (Å²) in [5, 5.41) is 10.0. The lowest BCUT2D eigenvalue weighted by atomic mass is 9.94. The van der Waals surface area contributed by atoms with Crippen LogP contribution in [0.3, 0.4) is 0 Å². The zero-order valence-corrected chi connectivity index (χ0v) is 25.6. The summed E-state index contributed by atoms with van der Waals surface area (Å²) in [5.74, 6) is -0.272. The number of amides is 1. The van der Waals surface area contributed by atoms with Crippen LogP contribution in [0.5, 0.6) is 0 Å². The topological polar surface area (TPSA) is 108 Å². The first kappa shape index (κ1) is 28.6. The highest BCUT2D eigenvalue weighted by atomic mass is 35.5. The first-order chi connectivity index (χ1) is 21.9. The van der Waals surface area contributed by atoms with Crippen LogP contribution in [0.4, 0.5) is 5.69 Å². The molecule has 1 amide bonds. The van der Waals surface area contributed by atoms with E-state index in [1.54, 1.807) is 40.2 Å². The van der Waals surface area contributed by atoms with Gasteiger partial charge in [-0.25, -0.2) is 4.98 Å². The molecule has 45 heavy (non-hydrogen) atoms. The highest BCUT2D eigenvalue weighted by Crippen LogP contribution is 2.37. The lowest BCUT2D eigenvalue weighted by Gasteiger charge is -2.22. The highest BCUT2D eigenvalue weighted by molar-refractivity contribution is 6.31. The smallest absolute Gasteiger partial charge is 0.254 e. The van der Waals surface area contributed by atoms with Crippen molar-refractivity contribution in [1.82, 2.24) is 29.3 Å². The van der Waals surface area contributed by atoms with Crippen molar-refractivity contribution in [3.8, 4) is 33.6 Å². The molecule has 0 fully saturated rings. The molecule has 0 saturated carbocycles. The number of nitrogens with zero attached hydrogens (tertiary/aromatic N) is 6. The van der Waals surface area contributed by atoms with Crippen molar-refractivity contribution in [2.75, 3.05) is 5.32 Å². The zero-order valence-electron chi connectivity index (χ0n) is 24.8. The van der Waals surface area contributed by atoms with Crippen molar-refractivity contribution < 1.29 is 4.79 Å². The number of carbonyl (C=O) groups is 1. The minimum atomic E-state index is -0.380. The predicted molar refractivity (Wildman–Crippen MR) is 176 cm³/mol. The summed E-state index contributed by atoms with van der Waals surface area (Å²) >= 11 is 6.49. The Morgan fingerprint density at radius 3 is 2.67 bits per heavy atom. The predicted octanol–water partition coefficient (Wildman–Crippen LogP) is 6.92. The van der Waals surface area contributed by atoms with Crippen molar-refractivity contribution in [2.45, 2.75) is 32.2 Å². The molecule has 0 spiro atoms. The van der Waals surface area contributed by atoms with E-state index in [2.05, 4.69) is 21.5 Å². The number of aromatic nitrogens is 6. The molecule has 6 aromatic rings. The molecule has 2 unspecified atom stereocenters. The second-order valence-corrected chi connectivity index (χ2v) is 11.9. The van der Waals surface area contributed by atoms with Crippen LogP contribution in [0.2, 0.25) is 5.02 Å². The average molecular weight is 616 g/mol. The first-order valence-corrected chi connectivity index (χ1v) is 15.3. The third kappa shape index (κ3) is 5.40. The van der Waals surface area contributed by atoms with Crippen LogP contribution < -0.4 is 10.9 Å². The summed E-state index contributed by atoms with van der Waals surface area (Å²) in [6.45, 7) is 1.92. The SMILES string of the molecule is CC1CCCC(n2cnc(-c3cc(Cl)ccc3-c3cccc4cnccc34)cc2=O)c2cc(ccn2)-c2c(cnn2C)NC1=O. The second kappa shape index (κ2) is 11.7. The number of nitrogens with one attached hydrogen (secondary N) is 1. The van der Waals surface area contributed by atoms with Crippen LogP contribution in [0.15, 0.2) is 96.6 Å². The maximum Gasteiger partial charge on any atom is 0.254 e. The third-order valence-corrected chi connectivity index (χ3v) is 8.79. The highest BCUT2D eigenvalue weighted by Gasteiger charge is 2.24. The molecule has 2 atom stereocenters. The number of benzene rings is 2. The van der Waals surface area contributed by atoms with Crippen molar-refractivity contribution in [3.63, 3.8) is 0 Å². The van der Waals surface area contributed by atoms with E-state index in [-0.39, 0.29) is 23.4 Å². The van der Waals surface area contributed by atoms with Gasteiger partial charge in [-0.05, 0) is 59.7 Å². The molecule has 2 aromatic carbocycles.